The van der Waals surface area contributed by atoms with Gasteiger partial charge < -0.3 is 14.8 Å². The van der Waals surface area contributed by atoms with E-state index in [4.69, 9.17) is 9.84 Å². The van der Waals surface area contributed by atoms with Crippen molar-refractivity contribution in [3.63, 3.8) is 0 Å². The van der Waals surface area contributed by atoms with Crippen LogP contribution in [0.25, 0.3) is 11.0 Å². The fourth-order valence-corrected chi connectivity index (χ4v) is 2.41. The van der Waals surface area contributed by atoms with Gasteiger partial charge in [-0.25, -0.2) is 14.2 Å². The normalized spacial score (nSPS) is 19.1. The van der Waals surface area contributed by atoms with Gasteiger partial charge in [0.2, 0.25) is 0 Å². The summed E-state index contributed by atoms with van der Waals surface area (Å²) in [5, 5.41) is 9.06. The topological polar surface area (TPSA) is 75.2 Å². The second kappa shape index (κ2) is 4.62. The summed E-state index contributed by atoms with van der Waals surface area (Å²) in [5.74, 6) is -1.13. The fraction of sp³-hybridized carbons (Fsp3) is 0.385. The number of nitrogens with one attached hydrogen (secondary N) is 1. The van der Waals surface area contributed by atoms with Gasteiger partial charge in [-0.1, -0.05) is 0 Å². The molecule has 100 valence electrons. The summed E-state index contributed by atoms with van der Waals surface area (Å²) in [6.07, 6.45) is 2.70. The number of halogens is 1. The highest BCUT2D eigenvalue weighted by Gasteiger charge is 2.20. The lowest BCUT2D eigenvalue weighted by Gasteiger charge is -2.05. The number of carboxylic acid groups (broad SMARTS) is 1. The van der Waals surface area contributed by atoms with Crippen LogP contribution in [0.3, 0.4) is 0 Å². The number of aromatic amines is 1. The zero-order chi connectivity index (χ0) is 13.4. The van der Waals surface area contributed by atoms with Crippen molar-refractivity contribution >= 4 is 17.0 Å². The predicted octanol–water partition coefficient (Wildman–Crippen LogP) is 2.12. The monoisotopic (exact) mass is 264 g/mol. The van der Waals surface area contributed by atoms with E-state index in [0.29, 0.717) is 23.3 Å². The summed E-state index contributed by atoms with van der Waals surface area (Å²) in [7, 11) is 0. The molecule has 3 rings (SSSR count). The Morgan fingerprint density at radius 3 is 3.11 bits per heavy atom. The summed E-state index contributed by atoms with van der Waals surface area (Å²) >= 11 is 0. The third-order valence-corrected chi connectivity index (χ3v) is 3.28. The van der Waals surface area contributed by atoms with Gasteiger partial charge in [-0.2, -0.15) is 0 Å². The third-order valence-electron chi connectivity index (χ3n) is 3.28. The Labute approximate surface area is 108 Å². The Kier molecular flexibility index (Phi) is 2.94. The number of carbonyl (C=O) groups is 1. The van der Waals surface area contributed by atoms with Gasteiger partial charge in [-0.3, -0.25) is 0 Å². The number of aromatic carboxylic acids is 1. The summed E-state index contributed by atoms with van der Waals surface area (Å²) < 4.78 is 18.8. The molecule has 19 heavy (non-hydrogen) atoms. The molecule has 1 saturated heterocycles. The molecule has 2 heterocycles. The first-order valence-electron chi connectivity index (χ1n) is 6.16. The lowest BCUT2D eigenvalue weighted by Crippen LogP contribution is -2.09. The molecule has 0 amide bonds. The number of carboxylic acids is 1. The van der Waals surface area contributed by atoms with E-state index >= 15 is 0 Å². The van der Waals surface area contributed by atoms with Gasteiger partial charge >= 0.3 is 5.97 Å². The molecule has 1 fully saturated rings. The van der Waals surface area contributed by atoms with Crippen LogP contribution in [0.4, 0.5) is 4.39 Å². The van der Waals surface area contributed by atoms with Gasteiger partial charge in [0.1, 0.15) is 17.2 Å². The Balaban J connectivity index is 1.99. The van der Waals surface area contributed by atoms with Crippen LogP contribution in [0, 0.1) is 5.82 Å². The zero-order valence-electron chi connectivity index (χ0n) is 10.1. The molecule has 1 atom stereocenters. The Bertz CT molecular complexity index is 632. The minimum Gasteiger partial charge on any atom is -0.478 e. The number of hydrogen-bond acceptors (Lipinski definition) is 3. The summed E-state index contributed by atoms with van der Waals surface area (Å²) in [5.41, 5.74) is 0.581. The van der Waals surface area contributed by atoms with Gasteiger partial charge in [0.15, 0.2) is 0 Å². The number of imidazole rings is 1. The summed E-state index contributed by atoms with van der Waals surface area (Å²) in [6.45, 7) is 0.750. The minimum atomic E-state index is -1.18. The van der Waals surface area contributed by atoms with Crippen molar-refractivity contribution < 1.29 is 19.0 Å². The van der Waals surface area contributed by atoms with Crippen molar-refractivity contribution in [2.45, 2.75) is 25.4 Å². The molecule has 0 radical (unpaired) electrons. The van der Waals surface area contributed by atoms with Crippen molar-refractivity contribution in [3.05, 3.63) is 29.3 Å². The summed E-state index contributed by atoms with van der Waals surface area (Å²) in [4.78, 5) is 18.3. The van der Waals surface area contributed by atoms with E-state index in [0.717, 1.165) is 25.5 Å². The van der Waals surface area contributed by atoms with Gasteiger partial charge in [0.05, 0.1) is 17.2 Å². The second-order valence-electron chi connectivity index (χ2n) is 4.68. The Morgan fingerprint density at radius 1 is 1.58 bits per heavy atom. The second-order valence-corrected chi connectivity index (χ2v) is 4.68. The maximum Gasteiger partial charge on any atom is 0.338 e. The van der Waals surface area contributed by atoms with Crippen LogP contribution in [0.2, 0.25) is 0 Å². The first-order chi connectivity index (χ1) is 9.13. The van der Waals surface area contributed by atoms with Crippen molar-refractivity contribution in [2.24, 2.45) is 0 Å². The predicted molar refractivity (Wildman–Crippen MR) is 65.7 cm³/mol. The highest BCUT2D eigenvalue weighted by Crippen LogP contribution is 2.21. The van der Waals surface area contributed by atoms with Crippen LogP contribution in [0.15, 0.2) is 12.1 Å². The van der Waals surface area contributed by atoms with Crippen LogP contribution in [-0.2, 0) is 11.2 Å². The minimum absolute atomic E-state index is 0.110. The average Bonchev–Trinajstić information content (AvgIpc) is 2.97. The molecule has 0 bridgehead atoms. The Morgan fingerprint density at radius 2 is 2.42 bits per heavy atom. The molecule has 1 aliphatic heterocycles. The molecule has 1 unspecified atom stereocenters. The molecule has 0 spiro atoms. The molecule has 1 aromatic heterocycles. The van der Waals surface area contributed by atoms with Crippen LogP contribution in [0.1, 0.15) is 29.0 Å². The van der Waals surface area contributed by atoms with Gasteiger partial charge in [-0.15, -0.1) is 0 Å². The lowest BCUT2D eigenvalue weighted by molar-refractivity contribution is 0.0698. The van der Waals surface area contributed by atoms with Gasteiger partial charge in [0, 0.05) is 13.0 Å². The number of rotatable bonds is 3. The number of fused-ring (bicyclic) bond motifs is 1. The van der Waals surface area contributed by atoms with E-state index in [1.807, 2.05) is 0 Å². The lowest BCUT2D eigenvalue weighted by atomic mass is 10.2. The van der Waals surface area contributed by atoms with E-state index in [-0.39, 0.29) is 11.7 Å². The number of ether oxygens (including phenoxy) is 1. The standard InChI is InChI=1S/C13H13FN2O3/c14-7-4-9(13(17)18)12-10(5-7)15-11(16-12)6-8-2-1-3-19-8/h4-5,8H,1-3,6H2,(H,15,16)(H,17,18). The van der Waals surface area contributed by atoms with Crippen LogP contribution in [0.5, 0.6) is 0 Å². The average molecular weight is 264 g/mol. The van der Waals surface area contributed by atoms with Gasteiger partial charge in [-0.05, 0) is 25.0 Å². The molecule has 1 aromatic carbocycles. The molecule has 0 aliphatic carbocycles. The van der Waals surface area contributed by atoms with Crippen molar-refractivity contribution in [2.75, 3.05) is 6.61 Å². The van der Waals surface area contributed by atoms with Crippen LogP contribution >= 0.6 is 0 Å². The van der Waals surface area contributed by atoms with E-state index in [2.05, 4.69) is 9.97 Å². The molecule has 2 N–H and O–H groups in total. The molecule has 2 aromatic rings. The molecular formula is C13H13FN2O3. The smallest absolute Gasteiger partial charge is 0.338 e. The van der Waals surface area contributed by atoms with E-state index < -0.39 is 11.8 Å². The maximum absolute atomic E-state index is 13.3. The quantitative estimate of drug-likeness (QED) is 0.890. The fourth-order valence-electron chi connectivity index (χ4n) is 2.41. The third kappa shape index (κ3) is 2.31. The first-order valence-corrected chi connectivity index (χ1v) is 6.16. The molecule has 0 saturated carbocycles. The van der Waals surface area contributed by atoms with Crippen molar-refractivity contribution in [3.8, 4) is 0 Å². The van der Waals surface area contributed by atoms with Crippen LogP contribution < -0.4 is 0 Å². The molecular weight excluding hydrogens is 251 g/mol. The van der Waals surface area contributed by atoms with Crippen molar-refractivity contribution in [1.29, 1.82) is 0 Å². The molecule has 6 heteroatoms. The SMILES string of the molecule is O=C(O)c1cc(F)cc2[nH]c(CC3CCCO3)nc12. The van der Waals surface area contributed by atoms with E-state index in [9.17, 15) is 9.18 Å². The van der Waals surface area contributed by atoms with E-state index in [1.54, 1.807) is 0 Å². The number of nitrogens with zero attached hydrogens (tertiary/aromatic N) is 1. The number of benzene rings is 1. The van der Waals surface area contributed by atoms with Crippen molar-refractivity contribution in [1.82, 2.24) is 9.97 Å². The first kappa shape index (κ1) is 12.1. The number of aromatic nitrogens is 2. The maximum atomic E-state index is 13.3. The summed E-state index contributed by atoms with van der Waals surface area (Å²) in [6, 6.07) is 2.25. The number of hydrogen-bond donors (Lipinski definition) is 2. The van der Waals surface area contributed by atoms with E-state index in [1.165, 1.54) is 6.07 Å². The largest absolute Gasteiger partial charge is 0.478 e. The highest BCUT2D eigenvalue weighted by molar-refractivity contribution is 6.00. The Hall–Kier alpha value is -1.95. The number of H-pyrrole nitrogens is 1. The van der Waals surface area contributed by atoms with Gasteiger partial charge in [0.25, 0.3) is 0 Å². The molecule has 5 nitrogen and oxygen atoms in total. The van der Waals surface area contributed by atoms with Crippen LogP contribution in [-0.4, -0.2) is 33.8 Å². The zero-order valence-corrected chi connectivity index (χ0v) is 10.1. The highest BCUT2D eigenvalue weighted by atomic mass is 19.1. The molecule has 1 aliphatic rings.